The highest BCUT2D eigenvalue weighted by molar-refractivity contribution is 8.00. The highest BCUT2D eigenvalue weighted by atomic mass is 32.2. The predicted octanol–water partition coefficient (Wildman–Crippen LogP) is 3.16. The van der Waals surface area contributed by atoms with Gasteiger partial charge in [-0.25, -0.2) is 0 Å². The lowest BCUT2D eigenvalue weighted by Gasteiger charge is -2.26. The smallest absolute Gasteiger partial charge is 0.233 e. The number of benzene rings is 1. The van der Waals surface area contributed by atoms with E-state index in [4.69, 9.17) is 0 Å². The molecule has 1 amide bonds. The topological polar surface area (TPSA) is 32.3 Å². The molecule has 0 unspecified atom stereocenters. The quantitative estimate of drug-likeness (QED) is 0.620. The fraction of sp³-hybridized carbons (Fsp3) is 0.588. The third-order valence-electron chi connectivity index (χ3n) is 3.82. The first-order chi connectivity index (χ1) is 10.3. The summed E-state index contributed by atoms with van der Waals surface area (Å²) in [6.07, 6.45) is 5.09. The average Bonchev–Trinajstić information content (AvgIpc) is 2.53. The monoisotopic (exact) mass is 306 g/mol. The third-order valence-corrected chi connectivity index (χ3v) is 4.94. The van der Waals surface area contributed by atoms with Crippen molar-refractivity contribution in [3.05, 3.63) is 30.3 Å². The maximum absolute atomic E-state index is 12.1. The van der Waals surface area contributed by atoms with Crippen LogP contribution in [-0.2, 0) is 4.79 Å². The fourth-order valence-electron chi connectivity index (χ4n) is 2.60. The molecule has 4 heteroatoms. The Morgan fingerprint density at radius 3 is 2.67 bits per heavy atom. The minimum absolute atomic E-state index is 0.0395. The van der Waals surface area contributed by atoms with Crippen LogP contribution < -0.4 is 5.32 Å². The number of amides is 1. The van der Waals surface area contributed by atoms with Crippen molar-refractivity contribution < 1.29 is 4.79 Å². The van der Waals surface area contributed by atoms with E-state index in [9.17, 15) is 4.79 Å². The van der Waals surface area contributed by atoms with Crippen molar-refractivity contribution >= 4 is 17.7 Å². The molecule has 1 heterocycles. The van der Waals surface area contributed by atoms with Crippen LogP contribution in [0.25, 0.3) is 0 Å². The third kappa shape index (κ3) is 6.10. The van der Waals surface area contributed by atoms with Gasteiger partial charge in [0, 0.05) is 11.4 Å². The van der Waals surface area contributed by atoms with Gasteiger partial charge in [-0.2, -0.15) is 0 Å². The lowest BCUT2D eigenvalue weighted by Crippen LogP contribution is -2.35. The highest BCUT2D eigenvalue weighted by Gasteiger charge is 2.14. The van der Waals surface area contributed by atoms with Crippen molar-refractivity contribution in [2.24, 2.45) is 0 Å². The Morgan fingerprint density at radius 1 is 1.24 bits per heavy atom. The van der Waals surface area contributed by atoms with Crippen LogP contribution in [0.15, 0.2) is 35.2 Å². The van der Waals surface area contributed by atoms with E-state index in [1.54, 1.807) is 11.8 Å². The van der Waals surface area contributed by atoms with Crippen LogP contribution in [0.1, 0.15) is 32.6 Å². The minimum atomic E-state index is -0.0395. The van der Waals surface area contributed by atoms with E-state index in [0.717, 1.165) is 24.4 Å². The van der Waals surface area contributed by atoms with Gasteiger partial charge in [-0.3, -0.25) is 4.79 Å². The average molecular weight is 306 g/mol. The summed E-state index contributed by atoms with van der Waals surface area (Å²) in [6.45, 7) is 6.33. The number of carbonyl (C=O) groups excluding carboxylic acids is 1. The first kappa shape index (κ1) is 16.4. The Hall–Kier alpha value is -1.00. The molecule has 1 aromatic carbocycles. The summed E-state index contributed by atoms with van der Waals surface area (Å²) in [4.78, 5) is 15.7. The van der Waals surface area contributed by atoms with E-state index in [2.05, 4.69) is 10.2 Å². The molecule has 1 atom stereocenters. The maximum atomic E-state index is 12.1. The lowest BCUT2D eigenvalue weighted by atomic mass is 10.1. The van der Waals surface area contributed by atoms with Gasteiger partial charge in [0.2, 0.25) is 5.91 Å². The lowest BCUT2D eigenvalue weighted by molar-refractivity contribution is -0.120. The van der Waals surface area contributed by atoms with Crippen LogP contribution in [-0.4, -0.2) is 42.2 Å². The van der Waals surface area contributed by atoms with Crippen molar-refractivity contribution in [1.29, 1.82) is 0 Å². The van der Waals surface area contributed by atoms with E-state index in [0.29, 0.717) is 0 Å². The van der Waals surface area contributed by atoms with Gasteiger partial charge < -0.3 is 10.2 Å². The Morgan fingerprint density at radius 2 is 1.95 bits per heavy atom. The van der Waals surface area contributed by atoms with Gasteiger partial charge >= 0.3 is 0 Å². The SMILES string of the molecule is C[C@@H](Sc1ccccc1)C(=O)NCCCN1CCCCC1. The molecule has 0 aliphatic carbocycles. The van der Waals surface area contributed by atoms with Crippen LogP contribution in [0.5, 0.6) is 0 Å². The van der Waals surface area contributed by atoms with Crippen molar-refractivity contribution in [2.75, 3.05) is 26.2 Å². The molecule has 1 N–H and O–H groups in total. The highest BCUT2D eigenvalue weighted by Crippen LogP contribution is 2.22. The van der Waals surface area contributed by atoms with Crippen LogP contribution in [0.4, 0.5) is 0 Å². The molecule has 2 rings (SSSR count). The largest absolute Gasteiger partial charge is 0.355 e. The summed E-state index contributed by atoms with van der Waals surface area (Å²) in [5, 5.41) is 3.02. The molecule has 0 spiro atoms. The zero-order valence-electron chi connectivity index (χ0n) is 12.9. The van der Waals surface area contributed by atoms with Crippen molar-refractivity contribution in [1.82, 2.24) is 10.2 Å². The van der Waals surface area contributed by atoms with Gasteiger partial charge in [-0.1, -0.05) is 24.6 Å². The molecular weight excluding hydrogens is 280 g/mol. The van der Waals surface area contributed by atoms with Gasteiger partial charge in [0.15, 0.2) is 0 Å². The normalized spacial score (nSPS) is 17.4. The number of hydrogen-bond acceptors (Lipinski definition) is 3. The van der Waals surface area contributed by atoms with Gasteiger partial charge in [0.1, 0.15) is 0 Å². The zero-order valence-corrected chi connectivity index (χ0v) is 13.7. The summed E-state index contributed by atoms with van der Waals surface area (Å²) < 4.78 is 0. The molecule has 1 fully saturated rings. The van der Waals surface area contributed by atoms with E-state index >= 15 is 0 Å². The standard InChI is InChI=1S/C17H26N2OS/c1-15(21-16-9-4-2-5-10-16)17(20)18-11-8-14-19-12-6-3-7-13-19/h2,4-5,9-10,15H,3,6-8,11-14H2,1H3,(H,18,20)/t15-/m1/s1. The number of nitrogens with one attached hydrogen (secondary N) is 1. The second-order valence-corrected chi connectivity index (χ2v) is 7.03. The predicted molar refractivity (Wildman–Crippen MR) is 89.7 cm³/mol. The molecule has 1 saturated heterocycles. The van der Waals surface area contributed by atoms with Crippen LogP contribution >= 0.6 is 11.8 Å². The molecule has 0 radical (unpaired) electrons. The Balaban J connectivity index is 1.60. The molecule has 1 aliphatic heterocycles. The summed E-state index contributed by atoms with van der Waals surface area (Å²) in [5.74, 6) is 0.141. The van der Waals surface area contributed by atoms with Crippen molar-refractivity contribution in [2.45, 2.75) is 42.8 Å². The molecular formula is C17H26N2OS. The van der Waals surface area contributed by atoms with Gasteiger partial charge in [0.05, 0.1) is 5.25 Å². The Bertz CT molecular complexity index is 418. The van der Waals surface area contributed by atoms with E-state index < -0.39 is 0 Å². The Labute approximate surface area is 132 Å². The second kappa shape index (κ2) is 9.11. The number of nitrogens with zero attached hydrogens (tertiary/aromatic N) is 1. The number of likely N-dealkylation sites (tertiary alicyclic amines) is 1. The van der Waals surface area contributed by atoms with Gasteiger partial charge in [-0.15, -0.1) is 11.8 Å². The van der Waals surface area contributed by atoms with Crippen molar-refractivity contribution in [3.63, 3.8) is 0 Å². The molecule has 116 valence electrons. The van der Waals surface area contributed by atoms with Crippen LogP contribution in [0, 0.1) is 0 Å². The number of carbonyl (C=O) groups is 1. The first-order valence-electron chi connectivity index (χ1n) is 7.97. The molecule has 21 heavy (non-hydrogen) atoms. The second-order valence-electron chi connectivity index (χ2n) is 5.62. The van der Waals surface area contributed by atoms with E-state index in [1.165, 1.54) is 32.4 Å². The summed E-state index contributed by atoms with van der Waals surface area (Å²) in [7, 11) is 0. The minimum Gasteiger partial charge on any atom is -0.355 e. The summed E-state index contributed by atoms with van der Waals surface area (Å²) >= 11 is 1.62. The number of piperidine rings is 1. The summed E-state index contributed by atoms with van der Waals surface area (Å²) in [5.41, 5.74) is 0. The van der Waals surface area contributed by atoms with Gasteiger partial charge in [0.25, 0.3) is 0 Å². The van der Waals surface area contributed by atoms with Gasteiger partial charge in [-0.05, 0) is 58.0 Å². The fourth-order valence-corrected chi connectivity index (χ4v) is 3.51. The Kier molecular flexibility index (Phi) is 7.10. The van der Waals surface area contributed by atoms with Crippen molar-refractivity contribution in [3.8, 4) is 0 Å². The maximum Gasteiger partial charge on any atom is 0.233 e. The molecule has 0 bridgehead atoms. The number of rotatable bonds is 7. The molecule has 1 aliphatic rings. The molecule has 3 nitrogen and oxygen atoms in total. The first-order valence-corrected chi connectivity index (χ1v) is 8.85. The zero-order chi connectivity index (χ0) is 14.9. The number of hydrogen-bond donors (Lipinski definition) is 1. The molecule has 0 aromatic heterocycles. The summed E-state index contributed by atoms with van der Waals surface area (Å²) in [6, 6.07) is 10.1. The van der Waals surface area contributed by atoms with Crippen LogP contribution in [0.2, 0.25) is 0 Å². The van der Waals surface area contributed by atoms with E-state index in [-0.39, 0.29) is 11.2 Å². The molecule has 0 saturated carbocycles. The molecule has 1 aromatic rings. The van der Waals surface area contributed by atoms with Crippen LogP contribution in [0.3, 0.4) is 0 Å². The van der Waals surface area contributed by atoms with E-state index in [1.807, 2.05) is 37.3 Å². The number of thioether (sulfide) groups is 1.